The van der Waals surface area contributed by atoms with E-state index in [9.17, 15) is 4.79 Å². The molecule has 1 aliphatic heterocycles. The van der Waals surface area contributed by atoms with Crippen LogP contribution >= 0.6 is 0 Å². The summed E-state index contributed by atoms with van der Waals surface area (Å²) in [5.74, 6) is 0.537. The van der Waals surface area contributed by atoms with Crippen LogP contribution in [0.2, 0.25) is 0 Å². The minimum absolute atomic E-state index is 0.169. The number of esters is 1. The molecule has 1 aliphatic rings. The number of carbonyl (C=O) groups excluding carboxylic acids is 1. The number of ether oxygens (including phenoxy) is 1. The Hall–Kier alpha value is -1.82. The molecule has 0 atom stereocenters. The summed E-state index contributed by atoms with van der Waals surface area (Å²) in [5, 5.41) is 8.53. The van der Waals surface area contributed by atoms with Crippen molar-refractivity contribution in [1.82, 2.24) is 0 Å². The second kappa shape index (κ2) is 9.23. The third-order valence-corrected chi connectivity index (χ3v) is 1.98. The number of allylic oxidation sites excluding steroid dienone is 6. The molecule has 1 heterocycles. The number of nitriles is 1. The summed E-state index contributed by atoms with van der Waals surface area (Å²) in [6.45, 7) is 7.90. The van der Waals surface area contributed by atoms with Crippen LogP contribution in [0.3, 0.4) is 0 Å². The van der Waals surface area contributed by atoms with Crippen LogP contribution in [0.25, 0.3) is 0 Å². The maximum Gasteiger partial charge on any atom is 0.311 e. The highest BCUT2D eigenvalue weighted by molar-refractivity contribution is 5.73. The molecule has 0 aliphatic carbocycles. The summed E-state index contributed by atoms with van der Waals surface area (Å²) in [4.78, 5) is 10.8. The average Bonchev–Trinajstić information content (AvgIpc) is 2.72. The molecule has 1 rings (SSSR count). The van der Waals surface area contributed by atoms with Gasteiger partial charge in [-0.3, -0.25) is 4.79 Å². The first-order valence-electron chi connectivity index (χ1n) is 6.20. The van der Waals surface area contributed by atoms with Crippen LogP contribution in [-0.4, -0.2) is 5.97 Å². The van der Waals surface area contributed by atoms with Gasteiger partial charge >= 0.3 is 5.97 Å². The molecule has 3 nitrogen and oxygen atoms in total. The normalized spacial score (nSPS) is 17.9. The van der Waals surface area contributed by atoms with Gasteiger partial charge in [0.05, 0.1) is 12.5 Å². The maximum absolute atomic E-state index is 10.8. The van der Waals surface area contributed by atoms with E-state index in [4.69, 9.17) is 10.00 Å². The third kappa shape index (κ3) is 7.45. The lowest BCUT2D eigenvalue weighted by Gasteiger charge is -1.95. The molecule has 0 saturated carbocycles. The summed E-state index contributed by atoms with van der Waals surface area (Å²) in [7, 11) is 0. The van der Waals surface area contributed by atoms with Gasteiger partial charge in [-0.2, -0.15) is 5.26 Å². The van der Waals surface area contributed by atoms with Crippen LogP contribution < -0.4 is 0 Å². The molecule has 3 heteroatoms. The fourth-order valence-corrected chi connectivity index (χ4v) is 1.17. The van der Waals surface area contributed by atoms with Gasteiger partial charge < -0.3 is 4.74 Å². The minimum atomic E-state index is -0.169. The maximum atomic E-state index is 10.8. The third-order valence-electron chi connectivity index (χ3n) is 1.98. The van der Waals surface area contributed by atoms with Crippen molar-refractivity contribution in [1.29, 1.82) is 5.26 Å². The van der Waals surface area contributed by atoms with Gasteiger partial charge in [0, 0.05) is 12.0 Å². The highest BCUT2D eigenvalue weighted by atomic mass is 16.5. The monoisotopic (exact) mass is 247 g/mol. The number of hydrogen-bond acceptors (Lipinski definition) is 3. The highest BCUT2D eigenvalue weighted by Gasteiger charge is 2.16. The molecule has 1 saturated heterocycles. The Kier molecular flexibility index (Phi) is 8.30. The molecule has 0 bridgehead atoms. The van der Waals surface area contributed by atoms with Gasteiger partial charge in [-0.05, 0) is 31.6 Å². The van der Waals surface area contributed by atoms with Crippen LogP contribution in [0.4, 0.5) is 0 Å². The first kappa shape index (κ1) is 16.2. The van der Waals surface area contributed by atoms with E-state index in [1.165, 1.54) is 6.42 Å². The van der Waals surface area contributed by atoms with Gasteiger partial charge in [0.2, 0.25) is 0 Å². The predicted octanol–water partition coefficient (Wildman–Crippen LogP) is 4.04. The quantitative estimate of drug-likeness (QED) is 0.420. The molecule has 0 aromatic heterocycles. The first-order chi connectivity index (χ1) is 8.53. The van der Waals surface area contributed by atoms with Crippen LogP contribution in [0.15, 0.2) is 35.1 Å². The molecule has 0 N–H and O–H groups in total. The van der Waals surface area contributed by atoms with E-state index in [1.807, 2.05) is 25.1 Å². The Morgan fingerprint density at radius 1 is 1.33 bits per heavy atom. The van der Waals surface area contributed by atoms with Gasteiger partial charge in [0.1, 0.15) is 5.76 Å². The predicted molar refractivity (Wildman–Crippen MR) is 72.5 cm³/mol. The highest BCUT2D eigenvalue weighted by Crippen LogP contribution is 2.19. The van der Waals surface area contributed by atoms with Crippen molar-refractivity contribution in [2.45, 2.75) is 47.0 Å². The Morgan fingerprint density at radius 2 is 1.94 bits per heavy atom. The van der Waals surface area contributed by atoms with Gasteiger partial charge in [0.15, 0.2) is 0 Å². The Morgan fingerprint density at radius 3 is 2.39 bits per heavy atom. The van der Waals surface area contributed by atoms with Gasteiger partial charge in [-0.15, -0.1) is 0 Å². The number of hydrogen-bond donors (Lipinski definition) is 0. The molecule has 0 aromatic carbocycles. The lowest BCUT2D eigenvalue weighted by atomic mass is 10.2. The van der Waals surface area contributed by atoms with E-state index in [1.54, 1.807) is 13.0 Å². The largest absolute Gasteiger partial charge is 0.431 e. The van der Waals surface area contributed by atoms with E-state index in [-0.39, 0.29) is 5.97 Å². The van der Waals surface area contributed by atoms with Crippen molar-refractivity contribution in [3.8, 4) is 6.07 Å². The SMILES string of the molecule is CCC.C\C(C#N)=C/C=C(C)/C=C1\CCC(=O)O1. The fraction of sp³-hybridized carbons (Fsp3) is 0.467. The lowest BCUT2D eigenvalue weighted by Crippen LogP contribution is -1.89. The summed E-state index contributed by atoms with van der Waals surface area (Å²) in [5.41, 5.74) is 1.62. The average molecular weight is 247 g/mol. The Balaban J connectivity index is 0.000000873. The lowest BCUT2D eigenvalue weighted by molar-refractivity contribution is -0.135. The van der Waals surface area contributed by atoms with Crippen molar-refractivity contribution in [3.05, 3.63) is 35.1 Å². The van der Waals surface area contributed by atoms with Gasteiger partial charge in [-0.25, -0.2) is 0 Å². The van der Waals surface area contributed by atoms with Gasteiger partial charge in [0.25, 0.3) is 0 Å². The van der Waals surface area contributed by atoms with E-state index in [0.29, 0.717) is 24.2 Å². The van der Waals surface area contributed by atoms with E-state index in [0.717, 1.165) is 5.57 Å². The molecule has 0 amide bonds. The van der Waals surface area contributed by atoms with E-state index < -0.39 is 0 Å². The molecule has 0 aromatic rings. The Labute approximate surface area is 109 Å². The second-order valence-corrected chi connectivity index (χ2v) is 4.16. The van der Waals surface area contributed by atoms with Gasteiger partial charge in [-0.1, -0.05) is 26.3 Å². The summed E-state index contributed by atoms with van der Waals surface area (Å²) in [6, 6.07) is 2.03. The van der Waals surface area contributed by atoms with Crippen LogP contribution in [0.1, 0.15) is 47.0 Å². The van der Waals surface area contributed by atoms with Crippen molar-refractivity contribution in [2.75, 3.05) is 0 Å². The molecule has 18 heavy (non-hydrogen) atoms. The zero-order valence-electron chi connectivity index (χ0n) is 11.6. The second-order valence-electron chi connectivity index (χ2n) is 4.16. The minimum Gasteiger partial charge on any atom is -0.431 e. The van der Waals surface area contributed by atoms with Crippen LogP contribution in [0, 0.1) is 11.3 Å². The topological polar surface area (TPSA) is 50.1 Å². The number of nitrogens with zero attached hydrogens (tertiary/aromatic N) is 1. The van der Waals surface area contributed by atoms with E-state index >= 15 is 0 Å². The van der Waals surface area contributed by atoms with Crippen molar-refractivity contribution in [3.63, 3.8) is 0 Å². The number of rotatable bonds is 2. The van der Waals surface area contributed by atoms with Crippen LogP contribution in [0.5, 0.6) is 0 Å². The van der Waals surface area contributed by atoms with E-state index in [2.05, 4.69) is 13.8 Å². The zero-order valence-corrected chi connectivity index (χ0v) is 11.6. The molecule has 1 fully saturated rings. The van der Waals surface area contributed by atoms with Crippen molar-refractivity contribution in [2.24, 2.45) is 0 Å². The number of cyclic esters (lactones) is 1. The molecular formula is C15H21NO2. The first-order valence-corrected chi connectivity index (χ1v) is 6.20. The van der Waals surface area contributed by atoms with Crippen molar-refractivity contribution >= 4 is 5.97 Å². The molecule has 98 valence electrons. The molecule has 0 unspecified atom stereocenters. The molecular weight excluding hydrogens is 226 g/mol. The molecule has 0 spiro atoms. The Bertz CT molecular complexity index is 409. The summed E-state index contributed by atoms with van der Waals surface area (Å²) >= 11 is 0. The van der Waals surface area contributed by atoms with Crippen molar-refractivity contribution < 1.29 is 9.53 Å². The smallest absolute Gasteiger partial charge is 0.311 e. The zero-order chi connectivity index (χ0) is 14.0. The standard InChI is InChI=1S/C12H13NO2.C3H8/c1-9(3-4-10(2)8-13)7-11-5-6-12(14)15-11;1-3-2/h3-4,7H,5-6H2,1-2H3;3H2,1-2H3/b9-3+,10-4+,11-7+;. The summed E-state index contributed by atoms with van der Waals surface area (Å²) in [6.07, 6.45) is 7.78. The summed E-state index contributed by atoms with van der Waals surface area (Å²) < 4.78 is 4.96. The number of carbonyl (C=O) groups is 1. The fourth-order valence-electron chi connectivity index (χ4n) is 1.17. The molecule has 0 radical (unpaired) electrons. The van der Waals surface area contributed by atoms with Crippen LogP contribution in [-0.2, 0) is 9.53 Å².